The molecular weight excluding hydrogens is 400 g/mol. The first-order valence-corrected chi connectivity index (χ1v) is 10.7. The fourth-order valence-electron chi connectivity index (χ4n) is 4.15. The first-order valence-electron chi connectivity index (χ1n) is 10.7. The van der Waals surface area contributed by atoms with E-state index in [1.165, 1.54) is 12.1 Å². The van der Waals surface area contributed by atoms with Crippen molar-refractivity contribution >= 4 is 5.57 Å². The van der Waals surface area contributed by atoms with Gasteiger partial charge in [-0.3, -0.25) is 0 Å². The van der Waals surface area contributed by atoms with Gasteiger partial charge in [0.05, 0.1) is 13.2 Å². The third-order valence-electron chi connectivity index (χ3n) is 5.72. The Balaban J connectivity index is 1.63. The van der Waals surface area contributed by atoms with Crippen LogP contribution in [0.3, 0.4) is 0 Å². The van der Waals surface area contributed by atoms with Crippen LogP contribution < -0.4 is 4.74 Å². The molecule has 1 aromatic rings. The summed E-state index contributed by atoms with van der Waals surface area (Å²) in [6.45, 7) is 2.95. The van der Waals surface area contributed by atoms with Crippen molar-refractivity contribution in [1.29, 1.82) is 0 Å². The van der Waals surface area contributed by atoms with Gasteiger partial charge in [-0.25, -0.2) is 8.78 Å². The van der Waals surface area contributed by atoms with Gasteiger partial charge in [0.2, 0.25) is 0 Å². The molecule has 1 atom stereocenters. The van der Waals surface area contributed by atoms with E-state index in [-0.39, 0.29) is 12.2 Å². The molecule has 3 nitrogen and oxygen atoms in total. The predicted molar refractivity (Wildman–Crippen MR) is 107 cm³/mol. The number of alkyl halides is 3. The lowest BCUT2D eigenvalue weighted by atomic mass is 9.84. The van der Waals surface area contributed by atoms with Crippen LogP contribution in [0.4, 0.5) is 17.6 Å². The van der Waals surface area contributed by atoms with Crippen LogP contribution in [0.2, 0.25) is 0 Å². The Morgan fingerprint density at radius 3 is 2.47 bits per heavy atom. The summed E-state index contributed by atoms with van der Waals surface area (Å²) in [5.41, 5.74) is -0.473. The topological polar surface area (TPSA) is 27.7 Å². The highest BCUT2D eigenvalue weighted by Crippen LogP contribution is 2.37. The molecule has 0 radical (unpaired) electrons. The smallest absolute Gasteiger partial charge is 0.429 e. The fourth-order valence-corrected chi connectivity index (χ4v) is 4.15. The van der Waals surface area contributed by atoms with Crippen LogP contribution >= 0.6 is 0 Å². The van der Waals surface area contributed by atoms with E-state index in [9.17, 15) is 17.6 Å². The lowest BCUT2D eigenvalue weighted by molar-refractivity contribution is -0.362. The number of allylic oxidation sites excluding steroid dienone is 2. The Kier molecular flexibility index (Phi) is 7.45. The zero-order valence-corrected chi connectivity index (χ0v) is 17.6. The van der Waals surface area contributed by atoms with E-state index in [2.05, 4.69) is 11.7 Å². The van der Waals surface area contributed by atoms with Crippen molar-refractivity contribution in [1.82, 2.24) is 0 Å². The van der Waals surface area contributed by atoms with Gasteiger partial charge in [-0.05, 0) is 49.3 Å². The Bertz CT molecular complexity index is 742. The highest BCUT2D eigenvalue weighted by molar-refractivity contribution is 5.67. The highest BCUT2D eigenvalue weighted by atomic mass is 19.3. The van der Waals surface area contributed by atoms with Gasteiger partial charge in [-0.2, -0.15) is 8.78 Å². The van der Waals surface area contributed by atoms with Gasteiger partial charge in [0.15, 0.2) is 5.67 Å². The van der Waals surface area contributed by atoms with Gasteiger partial charge in [0.25, 0.3) is 6.29 Å². The van der Waals surface area contributed by atoms with E-state index in [1.807, 2.05) is 6.08 Å². The average Bonchev–Trinajstić information content (AvgIpc) is 2.69. The number of rotatable bonds is 8. The van der Waals surface area contributed by atoms with Crippen LogP contribution in [0.1, 0.15) is 64.4 Å². The number of hydrogen-bond donors (Lipinski definition) is 0. The standard InChI is InChI=1S/C23H30F4O3/c1-3-5-16-6-8-17(9-7-16)19-11-10-18(13-20(19)24)30-23(26,27)21-28-14-22(25,12-4-2)15-29-21/h8,10-11,13,16,21H,3-7,9,12,14-15H2,1-2H3. The molecular formula is C23H30F4O3. The SMILES string of the molecule is CCCC1CC=C(c2ccc(OC(F)(F)C3OCC(F)(CCC)CO3)cc2F)CC1. The largest absolute Gasteiger partial charge is 0.451 e. The molecule has 1 fully saturated rings. The van der Waals surface area contributed by atoms with E-state index >= 15 is 0 Å². The molecule has 1 heterocycles. The van der Waals surface area contributed by atoms with Crippen molar-refractivity contribution < 1.29 is 31.8 Å². The summed E-state index contributed by atoms with van der Waals surface area (Å²) < 4.78 is 72.2. The van der Waals surface area contributed by atoms with Crippen LogP contribution in [0.25, 0.3) is 5.57 Å². The zero-order valence-electron chi connectivity index (χ0n) is 17.6. The minimum Gasteiger partial charge on any atom is -0.429 e. The maximum absolute atomic E-state index is 14.6. The van der Waals surface area contributed by atoms with E-state index in [1.54, 1.807) is 6.92 Å². The Morgan fingerprint density at radius 1 is 1.17 bits per heavy atom. The second-order valence-corrected chi connectivity index (χ2v) is 8.32. The maximum Gasteiger partial charge on any atom is 0.451 e. The molecule has 0 amide bonds. The predicted octanol–water partition coefficient (Wildman–Crippen LogP) is 6.66. The Hall–Kier alpha value is -1.60. The fraction of sp³-hybridized carbons (Fsp3) is 0.652. The molecule has 30 heavy (non-hydrogen) atoms. The molecule has 0 bridgehead atoms. The minimum atomic E-state index is -3.88. The summed E-state index contributed by atoms with van der Waals surface area (Å²) in [7, 11) is 0. The minimum absolute atomic E-state index is 0.161. The summed E-state index contributed by atoms with van der Waals surface area (Å²) >= 11 is 0. The average molecular weight is 430 g/mol. The van der Waals surface area contributed by atoms with Gasteiger partial charge in [-0.15, -0.1) is 0 Å². The first kappa shape index (κ1) is 23.1. The van der Waals surface area contributed by atoms with Crippen LogP contribution in [0.5, 0.6) is 5.75 Å². The number of halogens is 4. The van der Waals surface area contributed by atoms with Gasteiger partial charge in [-0.1, -0.05) is 39.2 Å². The van der Waals surface area contributed by atoms with Gasteiger partial charge >= 0.3 is 6.11 Å². The highest BCUT2D eigenvalue weighted by Gasteiger charge is 2.50. The molecule has 0 saturated carbocycles. The lowest BCUT2D eigenvalue weighted by Crippen LogP contribution is -2.52. The second kappa shape index (κ2) is 9.69. The van der Waals surface area contributed by atoms with Crippen molar-refractivity contribution in [3.8, 4) is 5.75 Å². The van der Waals surface area contributed by atoms with E-state index < -0.39 is 37.1 Å². The molecule has 1 aliphatic heterocycles. The monoisotopic (exact) mass is 430 g/mol. The molecule has 1 aliphatic carbocycles. The molecule has 1 saturated heterocycles. The molecule has 7 heteroatoms. The van der Waals surface area contributed by atoms with E-state index in [4.69, 9.17) is 9.47 Å². The van der Waals surface area contributed by atoms with Crippen LogP contribution in [0.15, 0.2) is 24.3 Å². The lowest BCUT2D eigenvalue weighted by Gasteiger charge is -2.36. The van der Waals surface area contributed by atoms with Crippen molar-refractivity contribution in [2.45, 2.75) is 76.9 Å². The molecule has 0 N–H and O–H groups in total. The van der Waals surface area contributed by atoms with E-state index in [0.717, 1.165) is 43.7 Å². The normalized spacial score (nSPS) is 27.6. The quantitative estimate of drug-likeness (QED) is 0.432. The Morgan fingerprint density at radius 2 is 1.90 bits per heavy atom. The summed E-state index contributed by atoms with van der Waals surface area (Å²) in [4.78, 5) is 0. The number of benzene rings is 1. The zero-order chi connectivity index (χ0) is 21.8. The summed E-state index contributed by atoms with van der Waals surface area (Å²) in [5.74, 6) is -0.321. The van der Waals surface area contributed by atoms with Crippen LogP contribution in [-0.4, -0.2) is 31.3 Å². The van der Waals surface area contributed by atoms with Gasteiger partial charge in [0, 0.05) is 11.6 Å². The van der Waals surface area contributed by atoms with Crippen LogP contribution in [-0.2, 0) is 9.47 Å². The number of ether oxygens (including phenoxy) is 3. The summed E-state index contributed by atoms with van der Waals surface area (Å²) in [6, 6.07) is 3.72. The van der Waals surface area contributed by atoms with E-state index in [0.29, 0.717) is 17.9 Å². The molecule has 1 unspecified atom stereocenters. The van der Waals surface area contributed by atoms with Crippen LogP contribution in [0, 0.1) is 11.7 Å². The number of hydrogen-bond acceptors (Lipinski definition) is 3. The molecule has 0 spiro atoms. The molecule has 0 aromatic heterocycles. The first-order chi connectivity index (χ1) is 14.3. The van der Waals surface area contributed by atoms with Gasteiger partial charge < -0.3 is 14.2 Å². The molecule has 3 rings (SSSR count). The second-order valence-electron chi connectivity index (χ2n) is 8.32. The maximum atomic E-state index is 14.6. The summed E-state index contributed by atoms with van der Waals surface area (Å²) in [6.07, 6.45) is 1.78. The van der Waals surface area contributed by atoms with Crippen molar-refractivity contribution in [2.75, 3.05) is 13.2 Å². The molecule has 1 aromatic carbocycles. The summed E-state index contributed by atoms with van der Waals surface area (Å²) in [5, 5.41) is 0. The van der Waals surface area contributed by atoms with Crippen molar-refractivity contribution in [3.63, 3.8) is 0 Å². The third-order valence-corrected chi connectivity index (χ3v) is 5.72. The van der Waals surface area contributed by atoms with Crippen molar-refractivity contribution in [3.05, 3.63) is 35.7 Å². The Labute approximate surface area is 175 Å². The third kappa shape index (κ3) is 5.55. The van der Waals surface area contributed by atoms with Crippen molar-refractivity contribution in [2.24, 2.45) is 5.92 Å². The molecule has 2 aliphatic rings. The van der Waals surface area contributed by atoms with Gasteiger partial charge in [0.1, 0.15) is 11.6 Å². The molecule has 168 valence electrons.